The first-order valence-corrected chi connectivity index (χ1v) is 11.6. The third-order valence-electron chi connectivity index (χ3n) is 4.43. The first-order chi connectivity index (χ1) is 14.8. The molecular weight excluding hydrogens is 414 g/mol. The molecule has 2 aromatic rings. The van der Waals surface area contributed by atoms with E-state index < -0.39 is 6.03 Å². The number of rotatable bonds is 12. The average Bonchev–Trinajstić information content (AvgIpc) is 3.11. The molecule has 0 atom stereocenters. The summed E-state index contributed by atoms with van der Waals surface area (Å²) in [4.78, 5) is 24.0. The van der Waals surface area contributed by atoms with Gasteiger partial charge in [0.2, 0.25) is 5.91 Å². The van der Waals surface area contributed by atoms with Crippen molar-refractivity contribution in [1.29, 1.82) is 0 Å². The van der Waals surface area contributed by atoms with Crippen molar-refractivity contribution in [3.63, 3.8) is 0 Å². The van der Waals surface area contributed by atoms with Crippen molar-refractivity contribution in [1.82, 2.24) is 25.4 Å². The number of nitrogens with zero attached hydrogens (tertiary/aromatic N) is 3. The molecule has 31 heavy (non-hydrogen) atoms. The van der Waals surface area contributed by atoms with Gasteiger partial charge in [-0.1, -0.05) is 57.7 Å². The molecule has 0 fully saturated rings. The zero-order chi connectivity index (χ0) is 22.6. The zero-order valence-corrected chi connectivity index (χ0v) is 19.6. The van der Waals surface area contributed by atoms with Crippen LogP contribution in [0.5, 0.6) is 5.75 Å². The number of benzene rings is 1. The average molecular weight is 448 g/mol. The van der Waals surface area contributed by atoms with Gasteiger partial charge in [0.25, 0.3) is 0 Å². The molecule has 1 aromatic heterocycles. The highest BCUT2D eigenvalue weighted by Gasteiger charge is 2.16. The maximum Gasteiger partial charge on any atom is 0.321 e. The molecule has 0 radical (unpaired) electrons. The van der Waals surface area contributed by atoms with E-state index in [1.54, 1.807) is 0 Å². The number of urea groups is 1. The predicted molar refractivity (Wildman–Crippen MR) is 122 cm³/mol. The van der Waals surface area contributed by atoms with E-state index in [2.05, 4.69) is 48.5 Å². The minimum absolute atomic E-state index is 0.0803. The molecule has 0 saturated heterocycles. The summed E-state index contributed by atoms with van der Waals surface area (Å²) in [5, 5.41) is 14.2. The minimum atomic E-state index is -0.468. The van der Waals surface area contributed by atoms with Crippen LogP contribution in [0.25, 0.3) is 0 Å². The standard InChI is InChI=1S/C22H33N5O3S/c1-16(2)10-12-23-21(29)24-20(28)15-31-22-26-25-19(27(22)13-11-17(3)4)14-30-18-8-6-5-7-9-18/h5-9,16-17H,10-15H2,1-4H3,(H2,23,24,28,29). The van der Waals surface area contributed by atoms with E-state index in [9.17, 15) is 9.59 Å². The van der Waals surface area contributed by atoms with Crippen molar-refractivity contribution in [2.24, 2.45) is 11.8 Å². The minimum Gasteiger partial charge on any atom is -0.486 e. The second-order valence-electron chi connectivity index (χ2n) is 8.11. The maximum atomic E-state index is 12.1. The van der Waals surface area contributed by atoms with Crippen molar-refractivity contribution < 1.29 is 14.3 Å². The van der Waals surface area contributed by atoms with Gasteiger partial charge in [0.05, 0.1) is 5.75 Å². The Kier molecular flexibility index (Phi) is 10.4. The van der Waals surface area contributed by atoms with Crippen molar-refractivity contribution in [2.45, 2.75) is 58.8 Å². The molecule has 0 saturated carbocycles. The van der Waals surface area contributed by atoms with E-state index in [1.807, 2.05) is 34.9 Å². The van der Waals surface area contributed by atoms with Crippen LogP contribution in [0, 0.1) is 11.8 Å². The number of carbonyl (C=O) groups excluding carboxylic acids is 2. The highest BCUT2D eigenvalue weighted by atomic mass is 32.2. The molecule has 0 aliphatic rings. The number of hydrogen-bond donors (Lipinski definition) is 2. The fraction of sp³-hybridized carbons (Fsp3) is 0.545. The van der Waals surface area contributed by atoms with Crippen molar-refractivity contribution >= 4 is 23.7 Å². The highest BCUT2D eigenvalue weighted by Crippen LogP contribution is 2.20. The molecule has 1 aromatic carbocycles. The first kappa shape index (κ1) is 24.7. The SMILES string of the molecule is CC(C)CCNC(=O)NC(=O)CSc1nnc(COc2ccccc2)n1CCC(C)C. The molecule has 170 valence electrons. The zero-order valence-electron chi connectivity index (χ0n) is 18.8. The topological polar surface area (TPSA) is 98.1 Å². The van der Waals surface area contributed by atoms with Crippen LogP contribution in [0.3, 0.4) is 0 Å². The molecule has 8 nitrogen and oxygen atoms in total. The lowest BCUT2D eigenvalue weighted by Gasteiger charge is -2.12. The lowest BCUT2D eigenvalue weighted by atomic mass is 10.1. The van der Waals surface area contributed by atoms with Gasteiger partial charge in [-0.25, -0.2) is 4.79 Å². The van der Waals surface area contributed by atoms with Gasteiger partial charge < -0.3 is 14.6 Å². The number of aromatic nitrogens is 3. The van der Waals surface area contributed by atoms with Gasteiger partial charge in [0, 0.05) is 13.1 Å². The Morgan fingerprint density at radius 2 is 1.77 bits per heavy atom. The molecule has 2 N–H and O–H groups in total. The molecule has 0 bridgehead atoms. The van der Waals surface area contributed by atoms with Crippen LogP contribution in [-0.4, -0.2) is 39.0 Å². The molecular formula is C22H33N5O3S. The Morgan fingerprint density at radius 1 is 1.06 bits per heavy atom. The second-order valence-corrected chi connectivity index (χ2v) is 9.05. The number of amides is 3. The fourth-order valence-electron chi connectivity index (χ4n) is 2.62. The van der Waals surface area contributed by atoms with Crippen LogP contribution >= 0.6 is 11.8 Å². The number of thioether (sulfide) groups is 1. The van der Waals surface area contributed by atoms with Crippen LogP contribution in [-0.2, 0) is 17.9 Å². The Hall–Kier alpha value is -2.55. The Balaban J connectivity index is 1.92. The van der Waals surface area contributed by atoms with E-state index in [0.29, 0.717) is 36.0 Å². The Labute approximate surface area is 188 Å². The normalized spacial score (nSPS) is 11.0. The van der Waals surface area contributed by atoms with Crippen molar-refractivity contribution in [2.75, 3.05) is 12.3 Å². The number of imide groups is 1. The summed E-state index contributed by atoms with van der Waals surface area (Å²) in [6, 6.07) is 9.07. The third-order valence-corrected chi connectivity index (χ3v) is 5.39. The monoisotopic (exact) mass is 447 g/mol. The largest absolute Gasteiger partial charge is 0.486 e. The predicted octanol–water partition coefficient (Wildman–Crippen LogP) is 3.87. The first-order valence-electron chi connectivity index (χ1n) is 10.7. The van der Waals surface area contributed by atoms with Crippen LogP contribution in [0.15, 0.2) is 35.5 Å². The summed E-state index contributed by atoms with van der Waals surface area (Å²) in [7, 11) is 0. The van der Waals surface area contributed by atoms with Gasteiger partial charge in [0.1, 0.15) is 12.4 Å². The van der Waals surface area contributed by atoms with Crippen LogP contribution < -0.4 is 15.4 Å². The molecule has 1 heterocycles. The molecule has 0 unspecified atom stereocenters. The molecule has 0 aliphatic heterocycles. The number of ether oxygens (including phenoxy) is 1. The molecule has 3 amide bonds. The summed E-state index contributed by atoms with van der Waals surface area (Å²) in [5.41, 5.74) is 0. The maximum absolute atomic E-state index is 12.1. The van der Waals surface area contributed by atoms with Gasteiger partial charge in [-0.05, 0) is 36.8 Å². The molecule has 2 rings (SSSR count). The summed E-state index contributed by atoms with van der Waals surface area (Å²) >= 11 is 1.26. The van der Waals surface area contributed by atoms with Crippen LogP contribution in [0.2, 0.25) is 0 Å². The highest BCUT2D eigenvalue weighted by molar-refractivity contribution is 7.99. The Bertz CT molecular complexity index is 824. The van der Waals surface area contributed by atoms with E-state index in [1.165, 1.54) is 11.8 Å². The summed E-state index contributed by atoms with van der Waals surface area (Å²) in [6.45, 7) is 10.0. The van der Waals surface area contributed by atoms with Crippen LogP contribution in [0.4, 0.5) is 4.79 Å². The van der Waals surface area contributed by atoms with Gasteiger partial charge in [-0.2, -0.15) is 0 Å². The molecule has 0 spiro atoms. The fourth-order valence-corrected chi connectivity index (χ4v) is 3.40. The van der Waals surface area contributed by atoms with Gasteiger partial charge in [-0.3, -0.25) is 10.1 Å². The summed E-state index contributed by atoms with van der Waals surface area (Å²) < 4.78 is 7.81. The number of para-hydroxylation sites is 1. The lowest BCUT2D eigenvalue weighted by Crippen LogP contribution is -2.40. The number of hydrogen-bond acceptors (Lipinski definition) is 6. The quantitative estimate of drug-likeness (QED) is 0.479. The van der Waals surface area contributed by atoms with Crippen molar-refractivity contribution in [3.05, 3.63) is 36.2 Å². The Morgan fingerprint density at radius 3 is 2.45 bits per heavy atom. The smallest absolute Gasteiger partial charge is 0.321 e. The summed E-state index contributed by atoms with van der Waals surface area (Å²) in [5.74, 6) is 2.19. The van der Waals surface area contributed by atoms with Crippen molar-refractivity contribution in [3.8, 4) is 5.75 Å². The van der Waals surface area contributed by atoms with E-state index in [-0.39, 0.29) is 11.7 Å². The van der Waals surface area contributed by atoms with Gasteiger partial charge in [0.15, 0.2) is 11.0 Å². The third kappa shape index (κ3) is 9.42. The van der Waals surface area contributed by atoms with Crippen LogP contribution in [0.1, 0.15) is 46.4 Å². The molecule has 9 heteroatoms. The molecule has 0 aliphatic carbocycles. The number of carbonyl (C=O) groups is 2. The van der Waals surface area contributed by atoms with Gasteiger partial charge in [-0.15, -0.1) is 10.2 Å². The van der Waals surface area contributed by atoms with Gasteiger partial charge >= 0.3 is 6.03 Å². The number of nitrogens with one attached hydrogen (secondary N) is 2. The van der Waals surface area contributed by atoms with E-state index >= 15 is 0 Å². The van der Waals surface area contributed by atoms with E-state index in [0.717, 1.165) is 25.1 Å². The van der Waals surface area contributed by atoms with E-state index in [4.69, 9.17) is 4.74 Å². The second kappa shape index (κ2) is 13.0. The summed E-state index contributed by atoms with van der Waals surface area (Å²) in [6.07, 6.45) is 1.82. The lowest BCUT2D eigenvalue weighted by molar-refractivity contribution is -0.117.